The quantitative estimate of drug-likeness (QED) is 0.771. The van der Waals surface area contributed by atoms with E-state index >= 15 is 0 Å². The molecule has 3 N–H and O–H groups in total. The third-order valence-electron chi connectivity index (χ3n) is 3.28. The molecule has 1 unspecified atom stereocenters. The molecule has 1 aromatic heterocycles. The van der Waals surface area contributed by atoms with E-state index in [-0.39, 0.29) is 16.6 Å². The van der Waals surface area contributed by atoms with Crippen LogP contribution in [0.5, 0.6) is 0 Å². The maximum atomic E-state index is 12.0. The van der Waals surface area contributed by atoms with Crippen LogP contribution in [0.15, 0.2) is 11.0 Å². The molecule has 1 aliphatic rings. The van der Waals surface area contributed by atoms with Gasteiger partial charge in [-0.05, 0) is 18.8 Å². The Kier molecular flexibility index (Phi) is 4.79. The van der Waals surface area contributed by atoms with E-state index in [0.717, 1.165) is 0 Å². The van der Waals surface area contributed by atoms with E-state index < -0.39 is 0 Å². The van der Waals surface area contributed by atoms with Crippen LogP contribution in [0.2, 0.25) is 5.02 Å². The average Bonchev–Trinajstić information content (AvgIpc) is 3.24. The lowest BCUT2D eigenvalue weighted by Crippen LogP contribution is -2.33. The van der Waals surface area contributed by atoms with E-state index in [4.69, 9.17) is 22.1 Å². The fourth-order valence-corrected chi connectivity index (χ4v) is 2.17. The van der Waals surface area contributed by atoms with Gasteiger partial charge in [0.2, 0.25) is 0 Å². The molecular weight excluding hydrogens is 268 g/mol. The van der Waals surface area contributed by atoms with Crippen molar-refractivity contribution < 1.29 is 4.74 Å². The maximum absolute atomic E-state index is 12.0. The second kappa shape index (κ2) is 6.36. The summed E-state index contributed by atoms with van der Waals surface area (Å²) in [5.41, 5.74) is 5.97. The molecule has 106 valence electrons. The smallest absolute Gasteiger partial charge is 0.287 e. The summed E-state index contributed by atoms with van der Waals surface area (Å²) in [6.07, 6.45) is 3.92. The van der Waals surface area contributed by atoms with Gasteiger partial charge in [-0.1, -0.05) is 11.6 Å². The molecule has 19 heavy (non-hydrogen) atoms. The van der Waals surface area contributed by atoms with Gasteiger partial charge in [-0.25, -0.2) is 4.68 Å². The van der Waals surface area contributed by atoms with E-state index in [1.165, 1.54) is 17.5 Å². The van der Waals surface area contributed by atoms with E-state index in [2.05, 4.69) is 10.4 Å². The first kappa shape index (κ1) is 14.3. The van der Waals surface area contributed by atoms with Crippen molar-refractivity contribution in [2.75, 3.05) is 25.6 Å². The van der Waals surface area contributed by atoms with Crippen molar-refractivity contribution in [2.24, 2.45) is 11.7 Å². The summed E-state index contributed by atoms with van der Waals surface area (Å²) in [6, 6.07) is 0.161. The Morgan fingerprint density at radius 1 is 1.68 bits per heavy atom. The summed E-state index contributed by atoms with van der Waals surface area (Å²) in [5.74, 6) is 0.581. The summed E-state index contributed by atoms with van der Waals surface area (Å²) >= 11 is 6.09. The molecule has 1 saturated carbocycles. The van der Waals surface area contributed by atoms with Crippen LogP contribution in [0.25, 0.3) is 0 Å². The molecule has 0 spiro atoms. The highest BCUT2D eigenvalue weighted by atomic mass is 35.5. The fourth-order valence-electron chi connectivity index (χ4n) is 1.97. The summed E-state index contributed by atoms with van der Waals surface area (Å²) in [4.78, 5) is 12.0. The van der Waals surface area contributed by atoms with E-state index in [9.17, 15) is 4.79 Å². The fraction of sp³-hybridized carbons (Fsp3) is 0.667. The first-order chi connectivity index (χ1) is 9.17. The zero-order chi connectivity index (χ0) is 13.8. The highest BCUT2D eigenvalue weighted by molar-refractivity contribution is 6.32. The average molecular weight is 287 g/mol. The Labute approximate surface area is 116 Å². The minimum Gasteiger partial charge on any atom is -0.383 e. The van der Waals surface area contributed by atoms with Gasteiger partial charge in [0, 0.05) is 19.7 Å². The number of ether oxygens (including phenoxy) is 1. The van der Waals surface area contributed by atoms with Gasteiger partial charge in [-0.3, -0.25) is 4.79 Å². The molecule has 1 fully saturated rings. The molecule has 2 rings (SSSR count). The molecule has 1 aromatic rings. The van der Waals surface area contributed by atoms with Crippen LogP contribution >= 0.6 is 11.6 Å². The minimum absolute atomic E-state index is 0.158. The van der Waals surface area contributed by atoms with Crippen LogP contribution in [0, 0.1) is 5.92 Å². The molecule has 0 bridgehead atoms. The third-order valence-corrected chi connectivity index (χ3v) is 3.64. The van der Waals surface area contributed by atoms with Gasteiger partial charge in [0.05, 0.1) is 25.0 Å². The molecule has 6 nitrogen and oxygen atoms in total. The molecule has 1 atom stereocenters. The second-order valence-corrected chi connectivity index (χ2v) is 5.10. The number of anilines is 1. The Balaban J connectivity index is 2.13. The second-order valence-electron chi connectivity index (χ2n) is 4.72. The Morgan fingerprint density at radius 3 is 3.00 bits per heavy atom. The largest absolute Gasteiger partial charge is 0.383 e. The number of rotatable bonds is 7. The topological polar surface area (TPSA) is 82.2 Å². The summed E-state index contributed by atoms with van der Waals surface area (Å²) in [7, 11) is 1.57. The van der Waals surface area contributed by atoms with Crippen molar-refractivity contribution in [3.63, 3.8) is 0 Å². The number of aromatic nitrogens is 2. The number of halogens is 1. The van der Waals surface area contributed by atoms with Crippen LogP contribution in [-0.2, 0) is 11.3 Å². The first-order valence-electron chi connectivity index (χ1n) is 6.38. The third kappa shape index (κ3) is 3.46. The molecule has 0 saturated heterocycles. The first-order valence-corrected chi connectivity index (χ1v) is 6.76. The molecule has 1 aliphatic carbocycles. The van der Waals surface area contributed by atoms with Gasteiger partial charge >= 0.3 is 0 Å². The number of hydrogen-bond donors (Lipinski definition) is 2. The van der Waals surface area contributed by atoms with Gasteiger partial charge in [0.15, 0.2) is 0 Å². The molecular formula is C12H19ClN4O2. The normalized spacial score (nSPS) is 16.4. The number of nitrogens with zero attached hydrogens (tertiary/aromatic N) is 2. The van der Waals surface area contributed by atoms with Gasteiger partial charge in [-0.2, -0.15) is 5.10 Å². The van der Waals surface area contributed by atoms with Crippen molar-refractivity contribution >= 4 is 17.3 Å². The Hall–Kier alpha value is -1.11. The summed E-state index contributed by atoms with van der Waals surface area (Å²) in [6.45, 7) is 1.33. The van der Waals surface area contributed by atoms with Crippen molar-refractivity contribution in [1.82, 2.24) is 9.78 Å². The van der Waals surface area contributed by atoms with Gasteiger partial charge < -0.3 is 15.8 Å². The van der Waals surface area contributed by atoms with Crippen LogP contribution in [0.1, 0.15) is 12.8 Å². The number of nitrogens with two attached hydrogens (primary N) is 1. The van der Waals surface area contributed by atoms with E-state index in [0.29, 0.717) is 31.3 Å². The van der Waals surface area contributed by atoms with Crippen molar-refractivity contribution in [3.05, 3.63) is 21.6 Å². The number of methoxy groups -OCH3 is 1. The number of hydrogen-bond acceptors (Lipinski definition) is 5. The van der Waals surface area contributed by atoms with Gasteiger partial charge in [0.25, 0.3) is 5.56 Å². The van der Waals surface area contributed by atoms with E-state index in [1.807, 2.05) is 0 Å². The maximum Gasteiger partial charge on any atom is 0.287 e. The zero-order valence-electron chi connectivity index (χ0n) is 10.9. The lowest BCUT2D eigenvalue weighted by molar-refractivity contribution is 0.182. The summed E-state index contributed by atoms with van der Waals surface area (Å²) < 4.78 is 6.21. The van der Waals surface area contributed by atoms with Crippen LogP contribution in [0.4, 0.5) is 5.69 Å². The van der Waals surface area contributed by atoms with E-state index in [1.54, 1.807) is 13.3 Å². The standard InChI is InChI=1S/C12H19ClN4O2/c1-19-5-4-17-12(18)11(13)10(7-15-17)16-9(6-14)8-2-3-8/h7-9,16H,2-6,14H2,1H3. The predicted molar refractivity (Wildman–Crippen MR) is 74.6 cm³/mol. The Bertz CT molecular complexity index is 487. The molecule has 0 amide bonds. The number of nitrogens with one attached hydrogen (secondary N) is 1. The highest BCUT2D eigenvalue weighted by Gasteiger charge is 2.30. The van der Waals surface area contributed by atoms with Crippen LogP contribution < -0.4 is 16.6 Å². The summed E-state index contributed by atoms with van der Waals surface area (Å²) in [5, 5.41) is 7.46. The lowest BCUT2D eigenvalue weighted by Gasteiger charge is -2.18. The molecule has 1 heterocycles. The monoisotopic (exact) mass is 286 g/mol. The van der Waals surface area contributed by atoms with Crippen molar-refractivity contribution in [3.8, 4) is 0 Å². The Morgan fingerprint density at radius 2 is 2.42 bits per heavy atom. The van der Waals surface area contributed by atoms with Crippen LogP contribution in [0.3, 0.4) is 0 Å². The minimum atomic E-state index is -0.310. The van der Waals surface area contributed by atoms with Gasteiger partial charge in [0.1, 0.15) is 5.02 Å². The molecule has 0 aromatic carbocycles. The SMILES string of the molecule is COCCn1ncc(NC(CN)C2CC2)c(Cl)c1=O. The van der Waals surface area contributed by atoms with Crippen molar-refractivity contribution in [1.29, 1.82) is 0 Å². The zero-order valence-corrected chi connectivity index (χ0v) is 11.7. The highest BCUT2D eigenvalue weighted by Crippen LogP contribution is 2.34. The molecule has 0 radical (unpaired) electrons. The van der Waals surface area contributed by atoms with Crippen LogP contribution in [-0.4, -0.2) is 36.1 Å². The molecule has 0 aliphatic heterocycles. The predicted octanol–water partition coefficient (Wildman–Crippen LogP) is 0.692. The van der Waals surface area contributed by atoms with Gasteiger partial charge in [-0.15, -0.1) is 0 Å². The lowest BCUT2D eigenvalue weighted by atomic mass is 10.2. The van der Waals surface area contributed by atoms with Crippen molar-refractivity contribution in [2.45, 2.75) is 25.4 Å². The molecule has 7 heteroatoms.